The molecule has 3 aliphatic rings. The summed E-state index contributed by atoms with van der Waals surface area (Å²) < 4.78 is 10.9. The molecule has 4 nitrogen and oxygen atoms in total. The molecule has 5 rings (SSSR count). The fourth-order valence-corrected chi connectivity index (χ4v) is 8.16. The molecule has 2 aromatic rings. The van der Waals surface area contributed by atoms with Crippen LogP contribution in [0.5, 0.6) is 11.5 Å². The highest BCUT2D eigenvalue weighted by Crippen LogP contribution is 2.63. The van der Waals surface area contributed by atoms with Crippen molar-refractivity contribution in [2.75, 3.05) is 14.2 Å². The van der Waals surface area contributed by atoms with Gasteiger partial charge < -0.3 is 14.5 Å². The second kappa shape index (κ2) is 5.81. The molecule has 1 aromatic carbocycles. The van der Waals surface area contributed by atoms with Crippen molar-refractivity contribution < 1.29 is 9.47 Å². The van der Waals surface area contributed by atoms with Gasteiger partial charge in [0.05, 0.1) is 19.2 Å². The van der Waals surface area contributed by atoms with E-state index >= 15 is 0 Å². The van der Waals surface area contributed by atoms with Crippen LogP contribution >= 0.6 is 23.1 Å². The van der Waals surface area contributed by atoms with E-state index in [4.69, 9.17) is 9.47 Å². The van der Waals surface area contributed by atoms with E-state index < -0.39 is 0 Å². The van der Waals surface area contributed by atoms with E-state index in [1.807, 2.05) is 17.8 Å². The Morgan fingerprint density at radius 3 is 2.72 bits per heavy atom. The SMILES string of the molecule is COc1ccc([C@@H]2c3sc(=O)[nH]c3S[C@H]3[C@@H]4CC[C@H](C4)[C@@H]23)cc1OC. The summed E-state index contributed by atoms with van der Waals surface area (Å²) in [6.07, 6.45) is 4.04. The van der Waals surface area contributed by atoms with Gasteiger partial charge in [-0.3, -0.25) is 4.79 Å². The van der Waals surface area contributed by atoms with Crippen LogP contribution in [0.25, 0.3) is 0 Å². The molecule has 0 unspecified atom stereocenters. The molecule has 2 aliphatic carbocycles. The molecule has 2 heterocycles. The molecular formula is C19H21NO3S2. The van der Waals surface area contributed by atoms with Gasteiger partial charge in [-0.25, -0.2) is 0 Å². The van der Waals surface area contributed by atoms with Crippen LogP contribution in [0.4, 0.5) is 0 Å². The van der Waals surface area contributed by atoms with Gasteiger partial charge in [-0.1, -0.05) is 17.4 Å². The van der Waals surface area contributed by atoms with E-state index in [0.29, 0.717) is 17.1 Å². The summed E-state index contributed by atoms with van der Waals surface area (Å²) >= 11 is 3.32. The van der Waals surface area contributed by atoms with Gasteiger partial charge in [-0.05, 0) is 54.7 Å². The molecule has 0 saturated heterocycles. The summed E-state index contributed by atoms with van der Waals surface area (Å²) in [4.78, 5) is 16.4. The average Bonchev–Trinajstić information content (AvgIpc) is 3.32. The molecule has 1 N–H and O–H groups in total. The summed E-state index contributed by atoms with van der Waals surface area (Å²) in [5.41, 5.74) is 1.25. The molecule has 2 fully saturated rings. The van der Waals surface area contributed by atoms with Gasteiger partial charge in [0.2, 0.25) is 0 Å². The standard InChI is InChI=1S/C19H21NO3S2/c1-22-12-6-5-10(8-13(12)23-2)15-14-9-3-4-11(7-9)16(14)24-18-17(15)25-19(21)20-18/h5-6,8-9,11,14-16H,3-4,7H2,1-2H3,(H,20,21)/t9-,11-,14+,15+,16+/m1/s1. The van der Waals surface area contributed by atoms with Crippen molar-refractivity contribution in [2.45, 2.75) is 35.5 Å². The van der Waals surface area contributed by atoms with E-state index in [9.17, 15) is 4.79 Å². The quantitative estimate of drug-likeness (QED) is 0.877. The van der Waals surface area contributed by atoms with Gasteiger partial charge in [0.15, 0.2) is 11.5 Å². The van der Waals surface area contributed by atoms with Crippen LogP contribution in [0.15, 0.2) is 28.0 Å². The summed E-state index contributed by atoms with van der Waals surface area (Å²) in [6.45, 7) is 0. The third kappa shape index (κ3) is 2.30. The van der Waals surface area contributed by atoms with Gasteiger partial charge >= 0.3 is 4.87 Å². The van der Waals surface area contributed by atoms with Crippen molar-refractivity contribution in [3.8, 4) is 11.5 Å². The number of ether oxygens (including phenoxy) is 2. The van der Waals surface area contributed by atoms with Crippen LogP contribution in [0.2, 0.25) is 0 Å². The molecule has 1 aliphatic heterocycles. The first-order valence-electron chi connectivity index (χ1n) is 8.81. The molecular weight excluding hydrogens is 354 g/mol. The number of aromatic amines is 1. The van der Waals surface area contributed by atoms with Crippen molar-refractivity contribution in [3.05, 3.63) is 38.3 Å². The fourth-order valence-electron chi connectivity index (χ4n) is 5.27. The topological polar surface area (TPSA) is 51.3 Å². The molecule has 132 valence electrons. The minimum Gasteiger partial charge on any atom is -0.493 e. The second-order valence-electron chi connectivity index (χ2n) is 7.29. The van der Waals surface area contributed by atoms with Gasteiger partial charge in [0.25, 0.3) is 0 Å². The Hall–Kier alpha value is -1.40. The van der Waals surface area contributed by atoms with Crippen molar-refractivity contribution in [2.24, 2.45) is 17.8 Å². The largest absolute Gasteiger partial charge is 0.493 e. The predicted molar refractivity (Wildman–Crippen MR) is 100 cm³/mol. The minimum absolute atomic E-state index is 0.0651. The lowest BCUT2D eigenvalue weighted by Gasteiger charge is -2.40. The van der Waals surface area contributed by atoms with Crippen LogP contribution in [-0.2, 0) is 0 Å². The number of methoxy groups -OCH3 is 2. The number of H-pyrrole nitrogens is 1. The molecule has 0 radical (unpaired) electrons. The summed E-state index contributed by atoms with van der Waals surface area (Å²) in [6, 6.07) is 6.25. The zero-order chi connectivity index (χ0) is 17.1. The lowest BCUT2D eigenvalue weighted by Crippen LogP contribution is -2.33. The molecule has 6 heteroatoms. The monoisotopic (exact) mass is 375 g/mol. The van der Waals surface area contributed by atoms with E-state index in [1.54, 1.807) is 14.2 Å². The predicted octanol–water partition coefficient (Wildman–Crippen LogP) is 4.11. The number of rotatable bonds is 3. The Morgan fingerprint density at radius 2 is 1.92 bits per heavy atom. The van der Waals surface area contributed by atoms with Gasteiger partial charge in [-0.15, -0.1) is 11.8 Å². The highest BCUT2D eigenvalue weighted by molar-refractivity contribution is 8.00. The fraction of sp³-hybridized carbons (Fsp3) is 0.526. The summed E-state index contributed by atoms with van der Waals surface area (Å²) in [5, 5.41) is 1.73. The smallest absolute Gasteiger partial charge is 0.305 e. The maximum Gasteiger partial charge on any atom is 0.305 e. The van der Waals surface area contributed by atoms with Crippen LogP contribution in [0, 0.1) is 17.8 Å². The molecule has 0 amide bonds. The average molecular weight is 376 g/mol. The van der Waals surface area contributed by atoms with Crippen molar-refractivity contribution in [3.63, 3.8) is 0 Å². The first kappa shape index (κ1) is 15.8. The number of thiazole rings is 1. The third-order valence-electron chi connectivity index (χ3n) is 6.23. The Labute approximate surface area is 154 Å². The number of benzene rings is 1. The van der Waals surface area contributed by atoms with E-state index in [2.05, 4.69) is 17.1 Å². The van der Waals surface area contributed by atoms with Crippen molar-refractivity contribution >= 4 is 23.1 Å². The van der Waals surface area contributed by atoms with E-state index in [-0.39, 0.29) is 4.87 Å². The normalized spacial score (nSPS) is 32.3. The number of thioether (sulfide) groups is 1. The number of fused-ring (bicyclic) bond motifs is 6. The highest BCUT2D eigenvalue weighted by atomic mass is 32.2. The van der Waals surface area contributed by atoms with Crippen molar-refractivity contribution in [1.82, 2.24) is 4.98 Å². The number of hydrogen-bond donors (Lipinski definition) is 1. The first-order chi connectivity index (χ1) is 12.2. The summed E-state index contributed by atoms with van der Waals surface area (Å²) in [7, 11) is 3.34. The molecule has 0 spiro atoms. The third-order valence-corrected chi connectivity index (χ3v) is 8.86. The van der Waals surface area contributed by atoms with Crippen LogP contribution < -0.4 is 14.3 Å². The van der Waals surface area contributed by atoms with Gasteiger partial charge in [0, 0.05) is 16.0 Å². The molecule has 1 aromatic heterocycles. The number of hydrogen-bond acceptors (Lipinski definition) is 5. The Bertz CT molecular complexity index is 874. The van der Waals surface area contributed by atoms with Crippen LogP contribution in [-0.4, -0.2) is 24.5 Å². The lowest BCUT2D eigenvalue weighted by atomic mass is 9.75. The van der Waals surface area contributed by atoms with Gasteiger partial charge in [-0.2, -0.15) is 0 Å². The molecule has 2 bridgehead atoms. The maximum absolute atomic E-state index is 12.1. The second-order valence-corrected chi connectivity index (χ2v) is 9.50. The van der Waals surface area contributed by atoms with Gasteiger partial charge in [0.1, 0.15) is 0 Å². The number of nitrogens with one attached hydrogen (secondary N) is 1. The highest BCUT2D eigenvalue weighted by Gasteiger charge is 2.54. The lowest BCUT2D eigenvalue weighted by molar-refractivity contribution is 0.306. The Balaban J connectivity index is 1.66. The van der Waals surface area contributed by atoms with E-state index in [1.165, 1.54) is 41.0 Å². The minimum atomic E-state index is 0.0651. The van der Waals surface area contributed by atoms with Crippen LogP contribution in [0.1, 0.15) is 35.6 Å². The first-order valence-corrected chi connectivity index (χ1v) is 10.5. The molecule has 2 saturated carbocycles. The molecule has 5 atom stereocenters. The Morgan fingerprint density at radius 1 is 1.12 bits per heavy atom. The number of aromatic nitrogens is 1. The van der Waals surface area contributed by atoms with E-state index in [0.717, 1.165) is 28.4 Å². The maximum atomic E-state index is 12.1. The van der Waals surface area contributed by atoms with Crippen LogP contribution in [0.3, 0.4) is 0 Å². The van der Waals surface area contributed by atoms with Crippen molar-refractivity contribution in [1.29, 1.82) is 0 Å². The Kier molecular flexibility index (Phi) is 3.68. The zero-order valence-electron chi connectivity index (χ0n) is 14.3. The molecule has 25 heavy (non-hydrogen) atoms. The zero-order valence-corrected chi connectivity index (χ0v) is 15.9. The summed E-state index contributed by atoms with van der Waals surface area (Å²) in [5.74, 6) is 4.03.